The van der Waals surface area contributed by atoms with Crippen molar-refractivity contribution < 1.29 is 14.4 Å². The number of amides is 3. The number of hydrogen-bond acceptors (Lipinski definition) is 4. The molecule has 0 radical (unpaired) electrons. The molecule has 0 spiro atoms. The van der Waals surface area contributed by atoms with E-state index in [-0.39, 0.29) is 29.1 Å². The SMILES string of the molecule is CNC(=O)C1CCCN1C(=O)CNC(=O)c1c(C)nn(Cc2ccc(C)cc2)c1Cl. The van der Waals surface area contributed by atoms with Gasteiger partial charge >= 0.3 is 0 Å². The molecule has 1 saturated heterocycles. The highest BCUT2D eigenvalue weighted by molar-refractivity contribution is 6.33. The predicted molar refractivity (Wildman–Crippen MR) is 113 cm³/mol. The quantitative estimate of drug-likeness (QED) is 0.727. The molecular weight excluding hydrogens is 406 g/mol. The van der Waals surface area contributed by atoms with E-state index < -0.39 is 11.9 Å². The Kier molecular flexibility index (Phi) is 6.77. The van der Waals surface area contributed by atoms with Gasteiger partial charge in [0.25, 0.3) is 5.91 Å². The van der Waals surface area contributed by atoms with Crippen LogP contribution in [0.15, 0.2) is 24.3 Å². The fraction of sp³-hybridized carbons (Fsp3) is 0.429. The van der Waals surface area contributed by atoms with Crippen molar-refractivity contribution >= 4 is 29.3 Å². The molecule has 2 N–H and O–H groups in total. The number of likely N-dealkylation sites (tertiary alicyclic amines) is 1. The van der Waals surface area contributed by atoms with Crippen molar-refractivity contribution in [3.05, 3.63) is 51.8 Å². The summed E-state index contributed by atoms with van der Waals surface area (Å²) in [5.74, 6) is -0.949. The summed E-state index contributed by atoms with van der Waals surface area (Å²) in [6.07, 6.45) is 1.38. The lowest BCUT2D eigenvalue weighted by Gasteiger charge is -2.23. The molecular formula is C21H26ClN5O3. The Morgan fingerprint density at radius 3 is 2.57 bits per heavy atom. The minimum absolute atomic E-state index is 0.191. The largest absolute Gasteiger partial charge is 0.357 e. The monoisotopic (exact) mass is 431 g/mol. The highest BCUT2D eigenvalue weighted by atomic mass is 35.5. The summed E-state index contributed by atoms with van der Waals surface area (Å²) in [6.45, 7) is 4.45. The van der Waals surface area contributed by atoms with Crippen molar-refractivity contribution in [2.45, 2.75) is 39.3 Å². The van der Waals surface area contributed by atoms with Gasteiger partial charge in [0, 0.05) is 13.6 Å². The van der Waals surface area contributed by atoms with Gasteiger partial charge in [0.15, 0.2) is 0 Å². The van der Waals surface area contributed by atoms with Crippen LogP contribution in [0.25, 0.3) is 0 Å². The van der Waals surface area contributed by atoms with E-state index >= 15 is 0 Å². The first kappa shape index (κ1) is 21.8. The van der Waals surface area contributed by atoms with Gasteiger partial charge in [-0.3, -0.25) is 14.4 Å². The molecule has 1 unspecified atom stereocenters. The fourth-order valence-corrected chi connectivity index (χ4v) is 3.95. The number of carbonyl (C=O) groups is 3. The summed E-state index contributed by atoms with van der Waals surface area (Å²) in [7, 11) is 1.55. The second-order valence-corrected chi connectivity index (χ2v) is 7.79. The van der Waals surface area contributed by atoms with E-state index in [0.29, 0.717) is 25.2 Å². The Labute approximate surface area is 180 Å². The molecule has 1 aliphatic rings. The van der Waals surface area contributed by atoms with Gasteiger partial charge in [0.1, 0.15) is 11.2 Å². The van der Waals surface area contributed by atoms with E-state index in [1.807, 2.05) is 31.2 Å². The number of hydrogen-bond donors (Lipinski definition) is 2. The number of likely N-dealkylation sites (N-methyl/N-ethyl adjacent to an activating group) is 1. The first-order valence-corrected chi connectivity index (χ1v) is 10.3. The number of halogens is 1. The fourth-order valence-electron chi connectivity index (χ4n) is 3.63. The molecule has 1 fully saturated rings. The van der Waals surface area contributed by atoms with Gasteiger partial charge in [-0.25, -0.2) is 4.68 Å². The Balaban J connectivity index is 1.65. The minimum Gasteiger partial charge on any atom is -0.357 e. The van der Waals surface area contributed by atoms with E-state index in [1.54, 1.807) is 18.7 Å². The van der Waals surface area contributed by atoms with Crippen LogP contribution in [-0.2, 0) is 16.1 Å². The molecule has 3 amide bonds. The summed E-state index contributed by atoms with van der Waals surface area (Å²) in [4.78, 5) is 38.7. The molecule has 2 aromatic rings. The first-order chi connectivity index (χ1) is 14.3. The van der Waals surface area contributed by atoms with Crippen LogP contribution in [0.5, 0.6) is 0 Å². The molecule has 2 heterocycles. The summed E-state index contributed by atoms with van der Waals surface area (Å²) in [5, 5.41) is 9.79. The lowest BCUT2D eigenvalue weighted by Crippen LogP contribution is -2.48. The summed E-state index contributed by atoms with van der Waals surface area (Å²) < 4.78 is 1.57. The standard InChI is InChI=1S/C21H26ClN5O3/c1-13-6-8-15(9-7-13)12-27-19(22)18(14(2)25-27)21(30)24-11-17(28)26-10-4-5-16(26)20(29)23-3/h6-9,16H,4-5,10-12H2,1-3H3,(H,23,29)(H,24,30). The average Bonchev–Trinajstić information content (AvgIpc) is 3.32. The molecule has 0 saturated carbocycles. The topological polar surface area (TPSA) is 96.3 Å². The molecule has 160 valence electrons. The van der Waals surface area contributed by atoms with Gasteiger partial charge in [0.05, 0.1) is 24.3 Å². The van der Waals surface area contributed by atoms with Crippen LogP contribution in [0, 0.1) is 13.8 Å². The Morgan fingerprint density at radius 1 is 1.20 bits per heavy atom. The summed E-state index contributed by atoms with van der Waals surface area (Å²) in [5.41, 5.74) is 2.91. The van der Waals surface area contributed by atoms with Gasteiger partial charge in [0.2, 0.25) is 11.8 Å². The molecule has 0 bridgehead atoms. The van der Waals surface area contributed by atoms with Crippen LogP contribution >= 0.6 is 11.6 Å². The third kappa shape index (κ3) is 4.64. The molecule has 1 aromatic carbocycles. The number of nitrogens with one attached hydrogen (secondary N) is 2. The van der Waals surface area contributed by atoms with Crippen LogP contribution in [-0.4, -0.2) is 58.6 Å². The van der Waals surface area contributed by atoms with Gasteiger partial charge in [-0.05, 0) is 32.3 Å². The Bertz CT molecular complexity index is 954. The number of rotatable bonds is 6. The highest BCUT2D eigenvalue weighted by Crippen LogP contribution is 2.21. The van der Waals surface area contributed by atoms with Crippen LogP contribution in [0.4, 0.5) is 0 Å². The van der Waals surface area contributed by atoms with Gasteiger partial charge < -0.3 is 15.5 Å². The van der Waals surface area contributed by atoms with E-state index in [0.717, 1.165) is 17.5 Å². The molecule has 3 rings (SSSR count). The number of aromatic nitrogens is 2. The zero-order valence-electron chi connectivity index (χ0n) is 17.4. The zero-order valence-corrected chi connectivity index (χ0v) is 18.1. The van der Waals surface area contributed by atoms with Crippen LogP contribution < -0.4 is 10.6 Å². The average molecular weight is 432 g/mol. The molecule has 1 aromatic heterocycles. The third-order valence-electron chi connectivity index (χ3n) is 5.27. The summed E-state index contributed by atoms with van der Waals surface area (Å²) >= 11 is 6.42. The number of carbonyl (C=O) groups excluding carboxylic acids is 3. The van der Waals surface area contributed by atoms with Gasteiger partial charge in [-0.2, -0.15) is 5.10 Å². The maximum Gasteiger partial charge on any atom is 0.256 e. The molecule has 1 aliphatic heterocycles. The van der Waals surface area contributed by atoms with Crippen LogP contribution in [0.2, 0.25) is 5.15 Å². The normalized spacial score (nSPS) is 15.9. The first-order valence-electron chi connectivity index (χ1n) is 9.89. The predicted octanol–water partition coefficient (Wildman–Crippen LogP) is 1.67. The van der Waals surface area contributed by atoms with Crippen molar-refractivity contribution in [2.75, 3.05) is 20.1 Å². The highest BCUT2D eigenvalue weighted by Gasteiger charge is 2.33. The van der Waals surface area contributed by atoms with Crippen molar-refractivity contribution in [3.8, 4) is 0 Å². The molecule has 8 nitrogen and oxygen atoms in total. The second kappa shape index (κ2) is 9.30. The van der Waals surface area contributed by atoms with Crippen LogP contribution in [0.3, 0.4) is 0 Å². The molecule has 9 heteroatoms. The van der Waals surface area contributed by atoms with E-state index in [1.165, 1.54) is 4.90 Å². The molecule has 30 heavy (non-hydrogen) atoms. The number of benzene rings is 1. The lowest BCUT2D eigenvalue weighted by molar-refractivity contribution is -0.137. The lowest BCUT2D eigenvalue weighted by atomic mass is 10.1. The number of nitrogens with zero attached hydrogens (tertiary/aromatic N) is 3. The Morgan fingerprint density at radius 2 is 1.90 bits per heavy atom. The van der Waals surface area contributed by atoms with Crippen LogP contribution in [0.1, 0.15) is 40.0 Å². The second-order valence-electron chi connectivity index (χ2n) is 7.44. The van der Waals surface area contributed by atoms with Gasteiger partial charge in [-0.1, -0.05) is 41.4 Å². The van der Waals surface area contributed by atoms with E-state index in [9.17, 15) is 14.4 Å². The summed E-state index contributed by atoms with van der Waals surface area (Å²) in [6, 6.07) is 7.49. The molecule has 1 atom stereocenters. The zero-order chi connectivity index (χ0) is 21.8. The van der Waals surface area contributed by atoms with Gasteiger partial charge in [-0.15, -0.1) is 0 Å². The van der Waals surface area contributed by atoms with Crippen molar-refractivity contribution in [1.82, 2.24) is 25.3 Å². The maximum atomic E-state index is 12.7. The van der Waals surface area contributed by atoms with E-state index in [2.05, 4.69) is 15.7 Å². The smallest absolute Gasteiger partial charge is 0.256 e. The van der Waals surface area contributed by atoms with E-state index in [4.69, 9.17) is 11.6 Å². The Hall–Kier alpha value is -2.87. The maximum absolute atomic E-state index is 12.7. The van der Waals surface area contributed by atoms with Crippen molar-refractivity contribution in [1.29, 1.82) is 0 Å². The van der Waals surface area contributed by atoms with Crippen molar-refractivity contribution in [3.63, 3.8) is 0 Å². The number of aryl methyl sites for hydroxylation is 2. The molecule has 0 aliphatic carbocycles. The van der Waals surface area contributed by atoms with Crippen molar-refractivity contribution in [2.24, 2.45) is 0 Å². The minimum atomic E-state index is -0.484. The third-order valence-corrected chi connectivity index (χ3v) is 5.65.